The van der Waals surface area contributed by atoms with Crippen LogP contribution in [0.5, 0.6) is 0 Å². The summed E-state index contributed by atoms with van der Waals surface area (Å²) in [6.07, 6.45) is 3.74. The van der Waals surface area contributed by atoms with E-state index in [9.17, 15) is 10.4 Å². The van der Waals surface area contributed by atoms with Gasteiger partial charge in [0, 0.05) is 38.9 Å². The number of aromatic nitrogens is 2. The van der Waals surface area contributed by atoms with E-state index in [0.717, 1.165) is 26.9 Å². The lowest BCUT2D eigenvalue weighted by molar-refractivity contribution is 0.173. The zero-order valence-corrected chi connectivity index (χ0v) is 18.4. The summed E-state index contributed by atoms with van der Waals surface area (Å²) in [4.78, 5) is 0. The summed E-state index contributed by atoms with van der Waals surface area (Å²) in [7, 11) is 0. The van der Waals surface area contributed by atoms with Crippen LogP contribution in [-0.2, 0) is 11.3 Å². The first-order chi connectivity index (χ1) is 14.5. The van der Waals surface area contributed by atoms with E-state index in [1.807, 2.05) is 48.1 Å². The lowest BCUT2D eigenvalue weighted by Gasteiger charge is -2.22. The van der Waals surface area contributed by atoms with E-state index in [2.05, 4.69) is 22.0 Å². The van der Waals surface area contributed by atoms with Gasteiger partial charge in [0.15, 0.2) is 0 Å². The van der Waals surface area contributed by atoms with Gasteiger partial charge in [0.05, 0.1) is 11.6 Å². The third-order valence-corrected chi connectivity index (χ3v) is 5.66. The van der Waals surface area contributed by atoms with Crippen molar-refractivity contribution in [2.24, 2.45) is 0 Å². The van der Waals surface area contributed by atoms with Gasteiger partial charge in [-0.05, 0) is 49.4 Å². The van der Waals surface area contributed by atoms with Gasteiger partial charge in [0.25, 0.3) is 5.95 Å². The fraction of sp³-hybridized carbons (Fsp3) is 0.130. The molecule has 1 N–H and O–H groups in total. The average Bonchev–Trinajstić information content (AvgIpc) is 3.18. The van der Waals surface area contributed by atoms with Crippen molar-refractivity contribution in [1.29, 1.82) is 5.26 Å². The number of rotatable bonds is 4. The van der Waals surface area contributed by atoms with Crippen molar-refractivity contribution in [3.63, 3.8) is 0 Å². The molecule has 3 aromatic rings. The maximum absolute atomic E-state index is 10.5. The van der Waals surface area contributed by atoms with Crippen molar-refractivity contribution in [2.75, 3.05) is 0 Å². The molecule has 0 bridgehead atoms. The number of halogens is 2. The lowest BCUT2D eigenvalue weighted by Crippen LogP contribution is -2.11. The van der Waals surface area contributed by atoms with E-state index in [1.54, 1.807) is 24.3 Å². The van der Waals surface area contributed by atoms with Gasteiger partial charge in [-0.2, -0.15) is 10.4 Å². The van der Waals surface area contributed by atoms with Crippen molar-refractivity contribution in [3.8, 4) is 17.3 Å². The van der Waals surface area contributed by atoms with Gasteiger partial charge in [-0.25, -0.2) is 0 Å². The van der Waals surface area contributed by atoms with Crippen LogP contribution in [0.25, 0.3) is 17.0 Å². The second-order valence-corrected chi connectivity index (χ2v) is 8.10. The fourth-order valence-corrected chi connectivity index (χ4v) is 3.74. The molecule has 150 valence electrons. The Labute approximate surface area is 187 Å². The monoisotopic (exact) mass is 481 g/mol. The number of nitriles is 1. The summed E-state index contributed by atoms with van der Waals surface area (Å²) in [5, 5.41) is 25.5. The van der Waals surface area contributed by atoms with Crippen molar-refractivity contribution in [3.05, 3.63) is 92.9 Å². The van der Waals surface area contributed by atoms with E-state index in [4.69, 9.17) is 21.4 Å². The van der Waals surface area contributed by atoms with Crippen molar-refractivity contribution < 1.29 is 9.84 Å². The number of aryl methyl sites for hydroxylation is 1. The van der Waals surface area contributed by atoms with Crippen LogP contribution < -0.4 is 0 Å². The van der Waals surface area contributed by atoms with Gasteiger partial charge in [-0.15, -0.1) is 0 Å². The minimum atomic E-state index is -0.506. The Balaban J connectivity index is 1.86. The number of allylic oxidation sites excluding steroid dienone is 2. The molecule has 0 saturated carbocycles. The lowest BCUT2D eigenvalue weighted by atomic mass is 9.88. The first-order valence-corrected chi connectivity index (χ1v) is 10.5. The molecule has 7 heteroatoms. The highest BCUT2D eigenvalue weighted by Gasteiger charge is 2.30. The molecule has 0 fully saturated rings. The molecule has 2 aromatic carbocycles. The third-order valence-electron chi connectivity index (χ3n) is 4.88. The van der Waals surface area contributed by atoms with Gasteiger partial charge in [-0.3, -0.25) is 4.68 Å². The van der Waals surface area contributed by atoms with Crippen LogP contribution in [0.2, 0.25) is 5.02 Å². The number of ether oxygens (including phenoxy) is 1. The van der Waals surface area contributed by atoms with E-state index >= 15 is 0 Å². The van der Waals surface area contributed by atoms with Crippen LogP contribution in [0.4, 0.5) is 0 Å². The molecule has 4 rings (SSSR count). The molecule has 1 aliphatic heterocycles. The Bertz CT molecular complexity index is 1190. The molecule has 5 nitrogen and oxygen atoms in total. The van der Waals surface area contributed by atoms with Gasteiger partial charge >= 0.3 is 0 Å². The maximum Gasteiger partial charge on any atom is 0.297 e. The summed E-state index contributed by atoms with van der Waals surface area (Å²) in [6, 6.07) is 17.0. The minimum absolute atomic E-state index is 0.140. The highest BCUT2D eigenvalue weighted by molar-refractivity contribution is 9.10. The normalized spacial score (nSPS) is 16.1. The van der Waals surface area contributed by atoms with E-state index < -0.39 is 11.9 Å². The molecule has 0 spiro atoms. The van der Waals surface area contributed by atoms with Crippen LogP contribution in [0.3, 0.4) is 0 Å². The molecule has 0 radical (unpaired) electrons. The highest BCUT2D eigenvalue weighted by Crippen LogP contribution is 2.40. The Morgan fingerprint density at radius 3 is 2.47 bits per heavy atom. The first kappa shape index (κ1) is 20.3. The molecular weight excluding hydrogens is 466 g/mol. The second kappa shape index (κ2) is 8.39. The molecule has 1 aliphatic rings. The summed E-state index contributed by atoms with van der Waals surface area (Å²) in [6.45, 7) is 2.68. The summed E-state index contributed by atoms with van der Waals surface area (Å²) >= 11 is 9.45. The molecule has 1 unspecified atom stereocenters. The van der Waals surface area contributed by atoms with Crippen LogP contribution in [0.15, 0.2) is 76.8 Å². The minimum Gasteiger partial charge on any atom is -0.480 e. The smallest absolute Gasteiger partial charge is 0.297 e. The Morgan fingerprint density at radius 2 is 1.83 bits per heavy atom. The SMILES string of the molecule is CCn1cc(C2C=C(c3ccc(Cl)cc3)OC(O)=C2C#N)c(-c2ccc(Br)cc2)n1. The van der Waals surface area contributed by atoms with Crippen LogP contribution in [0.1, 0.15) is 24.0 Å². The van der Waals surface area contributed by atoms with Crippen molar-refractivity contribution in [2.45, 2.75) is 19.4 Å². The Morgan fingerprint density at radius 1 is 1.17 bits per heavy atom. The highest BCUT2D eigenvalue weighted by atomic mass is 79.9. The summed E-state index contributed by atoms with van der Waals surface area (Å²) in [5.41, 5.74) is 3.38. The number of aliphatic hydroxyl groups is 1. The van der Waals surface area contributed by atoms with Crippen LogP contribution >= 0.6 is 27.5 Å². The number of nitrogens with zero attached hydrogens (tertiary/aromatic N) is 3. The third kappa shape index (κ3) is 3.87. The summed E-state index contributed by atoms with van der Waals surface area (Å²) in [5.74, 6) is -0.450. The first-order valence-electron chi connectivity index (χ1n) is 9.32. The number of aliphatic hydroxyl groups excluding tert-OH is 1. The Kier molecular flexibility index (Phi) is 5.67. The van der Waals surface area contributed by atoms with E-state index in [-0.39, 0.29) is 5.57 Å². The van der Waals surface area contributed by atoms with Gasteiger partial charge < -0.3 is 9.84 Å². The average molecular weight is 483 g/mol. The van der Waals surface area contributed by atoms with E-state index in [1.165, 1.54) is 0 Å². The Hall–Kier alpha value is -3.01. The van der Waals surface area contributed by atoms with Crippen LogP contribution in [0, 0.1) is 11.3 Å². The van der Waals surface area contributed by atoms with Gasteiger partial charge in [0.2, 0.25) is 0 Å². The maximum atomic E-state index is 10.5. The second-order valence-electron chi connectivity index (χ2n) is 6.74. The van der Waals surface area contributed by atoms with Gasteiger partial charge in [-0.1, -0.05) is 39.7 Å². The number of benzene rings is 2. The molecule has 30 heavy (non-hydrogen) atoms. The molecule has 1 atom stereocenters. The number of hydrogen-bond donors (Lipinski definition) is 1. The quantitative estimate of drug-likeness (QED) is 0.465. The predicted octanol–water partition coefficient (Wildman–Crippen LogP) is 6.43. The topological polar surface area (TPSA) is 71.1 Å². The zero-order chi connectivity index (χ0) is 21.3. The number of hydrogen-bond acceptors (Lipinski definition) is 4. The predicted molar refractivity (Wildman–Crippen MR) is 120 cm³/mol. The molecular formula is C23H17BrClN3O2. The fourth-order valence-electron chi connectivity index (χ4n) is 3.35. The van der Waals surface area contributed by atoms with Crippen molar-refractivity contribution >= 4 is 33.3 Å². The van der Waals surface area contributed by atoms with E-state index in [0.29, 0.717) is 17.3 Å². The zero-order valence-electron chi connectivity index (χ0n) is 16.0. The summed E-state index contributed by atoms with van der Waals surface area (Å²) < 4.78 is 8.35. The van der Waals surface area contributed by atoms with Crippen molar-refractivity contribution in [1.82, 2.24) is 9.78 Å². The van der Waals surface area contributed by atoms with Gasteiger partial charge in [0.1, 0.15) is 17.4 Å². The molecule has 2 heterocycles. The van der Waals surface area contributed by atoms with Crippen LogP contribution in [-0.4, -0.2) is 14.9 Å². The largest absolute Gasteiger partial charge is 0.480 e. The molecule has 1 aromatic heterocycles. The molecule has 0 aliphatic carbocycles. The molecule has 0 amide bonds. The molecule has 0 saturated heterocycles. The standard InChI is InChI=1S/C23H17BrClN3O2/c1-2-28-13-20(22(27-28)15-3-7-16(24)8-4-15)18-11-21(30-23(29)19(18)12-26)14-5-9-17(25)10-6-14/h3-11,13,18,29H,2H2,1H3.